The molecule has 1 saturated heterocycles. The summed E-state index contributed by atoms with van der Waals surface area (Å²) in [6, 6.07) is 0. The summed E-state index contributed by atoms with van der Waals surface area (Å²) in [7, 11) is 0. The van der Waals surface area contributed by atoms with Crippen LogP contribution >= 0.6 is 23.5 Å². The maximum absolute atomic E-state index is 11.9. The van der Waals surface area contributed by atoms with E-state index in [2.05, 4.69) is 6.92 Å². The van der Waals surface area contributed by atoms with Crippen LogP contribution in [0.5, 0.6) is 0 Å². The molecule has 1 nitrogen and oxygen atoms in total. The number of thioether (sulfide) groups is 2. The summed E-state index contributed by atoms with van der Waals surface area (Å²) in [6.45, 7) is 2.20. The molecule has 2 aliphatic rings. The highest BCUT2D eigenvalue weighted by Gasteiger charge is 2.30. The van der Waals surface area contributed by atoms with Crippen LogP contribution in [0.4, 0.5) is 0 Å². The monoisotopic (exact) mass is 230 g/mol. The van der Waals surface area contributed by atoms with Crippen LogP contribution in [0.1, 0.15) is 32.6 Å². The zero-order valence-electron chi connectivity index (χ0n) is 8.70. The Morgan fingerprint density at radius 1 is 1.29 bits per heavy atom. The Kier molecular flexibility index (Phi) is 3.83. The molecule has 1 saturated carbocycles. The van der Waals surface area contributed by atoms with Gasteiger partial charge in [0.15, 0.2) is 0 Å². The predicted octanol–water partition coefficient (Wildman–Crippen LogP) is 2.98. The van der Waals surface area contributed by atoms with E-state index in [1.807, 2.05) is 23.5 Å². The highest BCUT2D eigenvalue weighted by molar-refractivity contribution is 8.07. The molecule has 0 aromatic heterocycles. The fourth-order valence-corrected chi connectivity index (χ4v) is 4.65. The second kappa shape index (κ2) is 4.93. The second-order valence-electron chi connectivity index (χ2n) is 4.32. The molecule has 1 aliphatic heterocycles. The molecule has 1 heterocycles. The number of hydrogen-bond acceptors (Lipinski definition) is 3. The van der Waals surface area contributed by atoms with Gasteiger partial charge in [0.05, 0.1) is 5.25 Å². The van der Waals surface area contributed by atoms with Crippen molar-refractivity contribution in [2.24, 2.45) is 5.92 Å². The van der Waals surface area contributed by atoms with Gasteiger partial charge in [-0.05, 0) is 12.3 Å². The number of rotatable bonds is 4. The van der Waals surface area contributed by atoms with Gasteiger partial charge in [0, 0.05) is 23.2 Å². The van der Waals surface area contributed by atoms with Gasteiger partial charge in [-0.3, -0.25) is 4.79 Å². The van der Waals surface area contributed by atoms with Crippen molar-refractivity contribution in [3.8, 4) is 0 Å². The van der Waals surface area contributed by atoms with Crippen molar-refractivity contribution in [1.82, 2.24) is 0 Å². The Morgan fingerprint density at radius 2 is 2.00 bits per heavy atom. The van der Waals surface area contributed by atoms with E-state index < -0.39 is 0 Å². The van der Waals surface area contributed by atoms with E-state index in [0.717, 1.165) is 24.5 Å². The van der Waals surface area contributed by atoms with E-state index in [1.54, 1.807) is 0 Å². The minimum atomic E-state index is 0.299. The Bertz CT molecular complexity index is 213. The largest absolute Gasteiger partial charge is 0.298 e. The molecule has 2 atom stereocenters. The molecule has 3 heteroatoms. The molecule has 2 unspecified atom stereocenters. The highest BCUT2D eigenvalue weighted by atomic mass is 32.2. The molecule has 0 bridgehead atoms. The van der Waals surface area contributed by atoms with Gasteiger partial charge in [0.1, 0.15) is 5.78 Å². The van der Waals surface area contributed by atoms with Gasteiger partial charge in [0.25, 0.3) is 0 Å². The fourth-order valence-electron chi connectivity index (χ4n) is 1.88. The summed E-state index contributed by atoms with van der Waals surface area (Å²) in [5.74, 6) is 3.80. The van der Waals surface area contributed by atoms with Gasteiger partial charge >= 0.3 is 0 Å². The summed E-state index contributed by atoms with van der Waals surface area (Å²) >= 11 is 3.84. The van der Waals surface area contributed by atoms with Crippen molar-refractivity contribution in [3.63, 3.8) is 0 Å². The molecular formula is C11H18OS2. The van der Waals surface area contributed by atoms with Crippen LogP contribution in [0.25, 0.3) is 0 Å². The number of Topliss-reactive ketones (excluding diaryl/α,β-unsaturated/α-hetero) is 1. The molecule has 80 valence electrons. The van der Waals surface area contributed by atoms with Crippen LogP contribution in [0, 0.1) is 5.92 Å². The van der Waals surface area contributed by atoms with Crippen molar-refractivity contribution < 1.29 is 4.79 Å². The van der Waals surface area contributed by atoms with Crippen LogP contribution in [-0.2, 0) is 4.79 Å². The first-order valence-corrected chi connectivity index (χ1v) is 7.63. The molecule has 2 fully saturated rings. The molecule has 0 aromatic carbocycles. The predicted molar refractivity (Wildman–Crippen MR) is 65.1 cm³/mol. The molecule has 14 heavy (non-hydrogen) atoms. The van der Waals surface area contributed by atoms with Gasteiger partial charge in [-0.2, -0.15) is 11.8 Å². The molecule has 0 radical (unpaired) electrons. The normalized spacial score (nSPS) is 32.9. The first-order valence-electron chi connectivity index (χ1n) is 5.53. The highest BCUT2D eigenvalue weighted by Crippen LogP contribution is 2.36. The van der Waals surface area contributed by atoms with Crippen molar-refractivity contribution in [2.45, 2.75) is 43.1 Å². The first kappa shape index (κ1) is 10.9. The lowest BCUT2D eigenvalue weighted by atomic mass is 10.1. The maximum Gasteiger partial charge on any atom is 0.146 e. The third-order valence-electron chi connectivity index (χ3n) is 3.00. The quantitative estimate of drug-likeness (QED) is 0.739. The molecule has 0 spiro atoms. The molecular weight excluding hydrogens is 212 g/mol. The Labute approximate surface area is 94.8 Å². The maximum atomic E-state index is 11.9. The van der Waals surface area contributed by atoms with Crippen LogP contribution < -0.4 is 0 Å². The third-order valence-corrected chi connectivity index (χ3v) is 6.14. The summed E-state index contributed by atoms with van der Waals surface area (Å²) in [5.41, 5.74) is 0. The zero-order valence-corrected chi connectivity index (χ0v) is 10.3. The SMILES string of the molecule is CC1SCCSC1C(=O)CCC1CC1. The molecule has 0 N–H and O–H groups in total. The lowest BCUT2D eigenvalue weighted by Gasteiger charge is -2.26. The van der Waals surface area contributed by atoms with Crippen molar-refractivity contribution in [3.05, 3.63) is 0 Å². The summed E-state index contributed by atoms with van der Waals surface area (Å²) < 4.78 is 0. The lowest BCUT2D eigenvalue weighted by molar-refractivity contribution is -0.118. The lowest BCUT2D eigenvalue weighted by Crippen LogP contribution is -2.31. The molecule has 0 amide bonds. The van der Waals surface area contributed by atoms with E-state index >= 15 is 0 Å². The van der Waals surface area contributed by atoms with Crippen molar-refractivity contribution >= 4 is 29.3 Å². The zero-order chi connectivity index (χ0) is 9.97. The van der Waals surface area contributed by atoms with E-state index in [0.29, 0.717) is 16.3 Å². The number of hydrogen-bond donors (Lipinski definition) is 0. The number of carbonyl (C=O) groups is 1. The third kappa shape index (κ3) is 2.93. The topological polar surface area (TPSA) is 17.1 Å². The van der Waals surface area contributed by atoms with Gasteiger partial charge in [0.2, 0.25) is 0 Å². The summed E-state index contributed by atoms with van der Waals surface area (Å²) in [4.78, 5) is 11.9. The molecule has 2 rings (SSSR count). The van der Waals surface area contributed by atoms with Crippen molar-refractivity contribution in [1.29, 1.82) is 0 Å². The van der Waals surface area contributed by atoms with Gasteiger partial charge < -0.3 is 0 Å². The number of ketones is 1. The fraction of sp³-hybridized carbons (Fsp3) is 0.909. The first-order chi connectivity index (χ1) is 6.77. The Balaban J connectivity index is 1.76. The van der Waals surface area contributed by atoms with E-state index in [9.17, 15) is 4.79 Å². The van der Waals surface area contributed by atoms with E-state index in [-0.39, 0.29) is 0 Å². The van der Waals surface area contributed by atoms with Crippen LogP contribution in [0.3, 0.4) is 0 Å². The minimum absolute atomic E-state index is 0.299. The van der Waals surface area contributed by atoms with Gasteiger partial charge in [-0.25, -0.2) is 0 Å². The van der Waals surface area contributed by atoms with Gasteiger partial charge in [-0.15, -0.1) is 11.8 Å². The second-order valence-corrected chi connectivity index (χ2v) is 7.05. The minimum Gasteiger partial charge on any atom is -0.298 e. The van der Waals surface area contributed by atoms with Crippen LogP contribution in [-0.4, -0.2) is 27.8 Å². The summed E-state index contributed by atoms with van der Waals surface area (Å²) in [6.07, 6.45) is 4.74. The summed E-state index contributed by atoms with van der Waals surface area (Å²) in [5, 5.41) is 0.841. The Morgan fingerprint density at radius 3 is 2.64 bits per heavy atom. The van der Waals surface area contributed by atoms with Gasteiger partial charge in [-0.1, -0.05) is 19.8 Å². The van der Waals surface area contributed by atoms with E-state index in [1.165, 1.54) is 18.6 Å². The average molecular weight is 230 g/mol. The molecule has 1 aliphatic carbocycles. The van der Waals surface area contributed by atoms with Crippen molar-refractivity contribution in [2.75, 3.05) is 11.5 Å². The van der Waals surface area contributed by atoms with Crippen LogP contribution in [0.2, 0.25) is 0 Å². The number of carbonyl (C=O) groups excluding carboxylic acids is 1. The van der Waals surface area contributed by atoms with E-state index in [4.69, 9.17) is 0 Å². The smallest absolute Gasteiger partial charge is 0.146 e. The molecule has 0 aromatic rings. The van der Waals surface area contributed by atoms with Crippen LogP contribution in [0.15, 0.2) is 0 Å². The standard InChI is InChI=1S/C11H18OS2/c1-8-11(14-7-6-13-8)10(12)5-4-9-2-3-9/h8-9,11H,2-7H2,1H3. The average Bonchev–Trinajstić information content (AvgIpc) is 2.98. The Hall–Kier alpha value is 0.370.